The third-order valence-electron chi connectivity index (χ3n) is 4.57. The van der Waals surface area contributed by atoms with Crippen molar-refractivity contribution >= 4 is 10.9 Å². The Kier molecular flexibility index (Phi) is 4.05. The average Bonchev–Trinajstić information content (AvgIpc) is 3.01. The van der Waals surface area contributed by atoms with Gasteiger partial charge in [0.25, 0.3) is 0 Å². The van der Waals surface area contributed by atoms with Crippen LogP contribution in [0.15, 0.2) is 60.9 Å². The SMILES string of the molecule is COc1ccc(-c2c(-c3cnc(OC)nc3)c3ccccc3n2C)cc1. The van der Waals surface area contributed by atoms with Crippen molar-refractivity contribution in [3.05, 3.63) is 60.9 Å². The zero-order valence-electron chi connectivity index (χ0n) is 14.9. The van der Waals surface area contributed by atoms with Crippen LogP contribution in [0.5, 0.6) is 11.8 Å². The molecule has 0 bridgehead atoms. The molecule has 0 spiro atoms. The van der Waals surface area contributed by atoms with Crippen molar-refractivity contribution in [3.63, 3.8) is 0 Å². The molecule has 0 fully saturated rings. The number of hydrogen-bond acceptors (Lipinski definition) is 4. The molecular weight excluding hydrogens is 326 g/mol. The molecule has 0 radical (unpaired) electrons. The van der Waals surface area contributed by atoms with Gasteiger partial charge in [-0.3, -0.25) is 0 Å². The van der Waals surface area contributed by atoms with Crippen molar-refractivity contribution < 1.29 is 9.47 Å². The number of benzene rings is 2. The first kappa shape index (κ1) is 16.1. The molecule has 0 saturated carbocycles. The van der Waals surface area contributed by atoms with E-state index in [0.29, 0.717) is 6.01 Å². The molecule has 0 amide bonds. The fraction of sp³-hybridized carbons (Fsp3) is 0.143. The maximum absolute atomic E-state index is 5.29. The maximum Gasteiger partial charge on any atom is 0.316 e. The Balaban J connectivity index is 1.99. The number of aryl methyl sites for hydroxylation is 1. The minimum atomic E-state index is 0.361. The second-order valence-electron chi connectivity index (χ2n) is 5.99. The molecule has 130 valence electrons. The predicted octanol–water partition coefficient (Wildman–Crippen LogP) is 4.32. The van der Waals surface area contributed by atoms with Crippen LogP contribution in [0.3, 0.4) is 0 Å². The summed E-state index contributed by atoms with van der Waals surface area (Å²) in [5, 5.41) is 1.16. The number of nitrogens with zero attached hydrogens (tertiary/aromatic N) is 3. The lowest BCUT2D eigenvalue weighted by Crippen LogP contribution is -1.95. The van der Waals surface area contributed by atoms with Crippen molar-refractivity contribution in [2.75, 3.05) is 14.2 Å². The van der Waals surface area contributed by atoms with Crippen molar-refractivity contribution in [3.8, 4) is 34.1 Å². The van der Waals surface area contributed by atoms with Crippen LogP contribution in [-0.2, 0) is 7.05 Å². The van der Waals surface area contributed by atoms with Crippen LogP contribution in [0.25, 0.3) is 33.3 Å². The van der Waals surface area contributed by atoms with E-state index >= 15 is 0 Å². The van der Waals surface area contributed by atoms with E-state index < -0.39 is 0 Å². The van der Waals surface area contributed by atoms with Gasteiger partial charge in [-0.05, 0) is 35.9 Å². The highest BCUT2D eigenvalue weighted by Gasteiger charge is 2.18. The van der Waals surface area contributed by atoms with Crippen molar-refractivity contribution in [2.45, 2.75) is 0 Å². The maximum atomic E-state index is 5.29. The van der Waals surface area contributed by atoms with Gasteiger partial charge < -0.3 is 14.0 Å². The molecule has 0 unspecified atom stereocenters. The first-order chi connectivity index (χ1) is 12.7. The molecule has 0 N–H and O–H groups in total. The zero-order valence-corrected chi connectivity index (χ0v) is 14.9. The van der Waals surface area contributed by atoms with E-state index in [-0.39, 0.29) is 0 Å². The Hall–Kier alpha value is -3.34. The van der Waals surface area contributed by atoms with Crippen LogP contribution < -0.4 is 9.47 Å². The number of rotatable bonds is 4. The molecule has 0 aliphatic carbocycles. The van der Waals surface area contributed by atoms with E-state index in [1.165, 1.54) is 0 Å². The van der Waals surface area contributed by atoms with Crippen LogP contribution >= 0.6 is 0 Å². The molecule has 4 aromatic rings. The Labute approximate surface area is 151 Å². The van der Waals surface area contributed by atoms with Crippen LogP contribution in [0, 0.1) is 0 Å². The topological polar surface area (TPSA) is 49.2 Å². The van der Waals surface area contributed by atoms with Crippen LogP contribution in [0.2, 0.25) is 0 Å². The van der Waals surface area contributed by atoms with Gasteiger partial charge in [0.05, 0.1) is 19.9 Å². The van der Waals surface area contributed by atoms with Gasteiger partial charge in [-0.25, -0.2) is 9.97 Å². The Morgan fingerprint density at radius 2 is 1.50 bits per heavy atom. The predicted molar refractivity (Wildman–Crippen MR) is 102 cm³/mol. The highest BCUT2D eigenvalue weighted by Crippen LogP contribution is 2.40. The monoisotopic (exact) mass is 345 g/mol. The molecule has 0 atom stereocenters. The third-order valence-corrected chi connectivity index (χ3v) is 4.57. The quantitative estimate of drug-likeness (QED) is 0.553. The summed E-state index contributed by atoms with van der Waals surface area (Å²) >= 11 is 0. The fourth-order valence-corrected chi connectivity index (χ4v) is 3.32. The minimum absolute atomic E-state index is 0.361. The largest absolute Gasteiger partial charge is 0.497 e. The van der Waals surface area contributed by atoms with Gasteiger partial charge in [-0.2, -0.15) is 0 Å². The van der Waals surface area contributed by atoms with Gasteiger partial charge in [0.15, 0.2) is 0 Å². The van der Waals surface area contributed by atoms with E-state index in [9.17, 15) is 0 Å². The molecule has 0 aliphatic heterocycles. The molecule has 5 nitrogen and oxygen atoms in total. The fourth-order valence-electron chi connectivity index (χ4n) is 3.32. The molecule has 2 aromatic carbocycles. The summed E-state index contributed by atoms with van der Waals surface area (Å²) in [6, 6.07) is 16.8. The lowest BCUT2D eigenvalue weighted by Gasteiger charge is -2.10. The van der Waals surface area contributed by atoms with Gasteiger partial charge in [0, 0.05) is 41.5 Å². The Morgan fingerprint density at radius 1 is 0.808 bits per heavy atom. The number of fused-ring (bicyclic) bond motifs is 1. The molecule has 0 aliphatic rings. The first-order valence-corrected chi connectivity index (χ1v) is 8.31. The molecule has 4 rings (SSSR count). The Bertz CT molecular complexity index is 1050. The lowest BCUT2D eigenvalue weighted by molar-refractivity contribution is 0.380. The van der Waals surface area contributed by atoms with Crippen molar-refractivity contribution in [1.82, 2.24) is 14.5 Å². The highest BCUT2D eigenvalue weighted by atomic mass is 16.5. The van der Waals surface area contributed by atoms with E-state index in [4.69, 9.17) is 9.47 Å². The van der Waals surface area contributed by atoms with Gasteiger partial charge in [-0.1, -0.05) is 18.2 Å². The average molecular weight is 345 g/mol. The van der Waals surface area contributed by atoms with E-state index in [0.717, 1.165) is 39.0 Å². The van der Waals surface area contributed by atoms with Gasteiger partial charge in [0.2, 0.25) is 0 Å². The molecular formula is C21H19N3O2. The molecule has 2 heterocycles. The van der Waals surface area contributed by atoms with E-state index in [1.807, 2.05) is 18.2 Å². The molecule has 2 aromatic heterocycles. The highest BCUT2D eigenvalue weighted by molar-refractivity contribution is 6.04. The van der Waals surface area contributed by atoms with Crippen molar-refractivity contribution in [2.24, 2.45) is 7.05 Å². The lowest BCUT2D eigenvalue weighted by atomic mass is 10.0. The molecule has 26 heavy (non-hydrogen) atoms. The number of ether oxygens (including phenoxy) is 2. The standard InChI is InChI=1S/C21H19N3O2/c1-24-18-7-5-4-6-17(18)19(15-12-22-21(26-3)23-13-15)20(24)14-8-10-16(25-2)11-9-14/h4-13H,1-3H3. The first-order valence-electron chi connectivity index (χ1n) is 8.31. The van der Waals surface area contributed by atoms with Crippen LogP contribution in [-0.4, -0.2) is 28.8 Å². The van der Waals surface area contributed by atoms with E-state index in [2.05, 4.69) is 51.9 Å². The van der Waals surface area contributed by atoms with Crippen molar-refractivity contribution in [1.29, 1.82) is 0 Å². The summed E-state index contributed by atoms with van der Waals surface area (Å²) in [5.41, 5.74) is 5.44. The summed E-state index contributed by atoms with van der Waals surface area (Å²) in [6.07, 6.45) is 3.61. The third kappa shape index (κ3) is 2.58. The zero-order chi connectivity index (χ0) is 18.1. The number of para-hydroxylation sites is 1. The Morgan fingerprint density at radius 3 is 2.15 bits per heavy atom. The smallest absolute Gasteiger partial charge is 0.316 e. The van der Waals surface area contributed by atoms with Crippen LogP contribution in [0.4, 0.5) is 0 Å². The number of aromatic nitrogens is 3. The number of methoxy groups -OCH3 is 2. The minimum Gasteiger partial charge on any atom is -0.497 e. The summed E-state index contributed by atoms with van der Waals surface area (Å²) in [5.74, 6) is 0.835. The number of hydrogen-bond donors (Lipinski definition) is 0. The summed E-state index contributed by atoms with van der Waals surface area (Å²) in [4.78, 5) is 8.58. The normalized spacial score (nSPS) is 10.9. The summed E-state index contributed by atoms with van der Waals surface area (Å²) in [7, 11) is 5.32. The van der Waals surface area contributed by atoms with Gasteiger partial charge >= 0.3 is 6.01 Å². The van der Waals surface area contributed by atoms with Crippen LogP contribution in [0.1, 0.15) is 0 Å². The molecule has 5 heteroatoms. The van der Waals surface area contributed by atoms with Gasteiger partial charge in [0.1, 0.15) is 5.75 Å². The second kappa shape index (κ2) is 6.52. The summed E-state index contributed by atoms with van der Waals surface area (Å²) in [6.45, 7) is 0. The van der Waals surface area contributed by atoms with Gasteiger partial charge in [-0.15, -0.1) is 0 Å². The molecule has 0 saturated heterocycles. The van der Waals surface area contributed by atoms with E-state index in [1.54, 1.807) is 26.6 Å². The second-order valence-corrected chi connectivity index (χ2v) is 5.99. The summed E-state index contributed by atoms with van der Waals surface area (Å²) < 4.78 is 12.6.